The van der Waals surface area contributed by atoms with Crippen LogP contribution in [0.3, 0.4) is 0 Å². The van der Waals surface area contributed by atoms with Crippen LogP contribution in [-0.4, -0.2) is 9.78 Å². The van der Waals surface area contributed by atoms with Gasteiger partial charge in [-0.25, -0.2) is 0 Å². The predicted octanol–water partition coefficient (Wildman–Crippen LogP) is 2.32. The Labute approximate surface area is 98.6 Å². The maximum Gasteiger partial charge on any atom is 0.165 e. The van der Waals surface area contributed by atoms with E-state index in [4.69, 9.17) is 22.1 Å². The molecule has 1 aromatic carbocycles. The van der Waals surface area contributed by atoms with Gasteiger partial charge in [-0.15, -0.1) is 0 Å². The third-order valence-corrected chi connectivity index (χ3v) is 2.39. The van der Waals surface area contributed by atoms with Gasteiger partial charge in [-0.2, -0.15) is 5.10 Å². The first kappa shape index (κ1) is 11.0. The lowest BCUT2D eigenvalue weighted by Gasteiger charge is -2.08. The number of nitrogens with two attached hydrogens (primary N) is 1. The Morgan fingerprint density at radius 1 is 1.50 bits per heavy atom. The molecule has 2 aromatic rings. The average molecular weight is 238 g/mol. The van der Waals surface area contributed by atoms with Gasteiger partial charge in [-0.05, 0) is 18.2 Å². The second kappa shape index (κ2) is 4.55. The van der Waals surface area contributed by atoms with E-state index in [-0.39, 0.29) is 0 Å². The minimum absolute atomic E-state index is 0.385. The van der Waals surface area contributed by atoms with Gasteiger partial charge in [0.05, 0.1) is 12.4 Å². The first-order chi connectivity index (χ1) is 7.69. The van der Waals surface area contributed by atoms with Crippen molar-refractivity contribution in [2.45, 2.75) is 6.54 Å². The molecule has 1 aromatic heterocycles. The van der Waals surface area contributed by atoms with Crippen molar-refractivity contribution in [3.05, 3.63) is 41.2 Å². The fourth-order valence-electron chi connectivity index (χ4n) is 1.39. The van der Waals surface area contributed by atoms with Crippen molar-refractivity contribution in [1.82, 2.24) is 9.78 Å². The lowest BCUT2D eigenvalue weighted by molar-refractivity contribution is 0.476. The van der Waals surface area contributed by atoms with Gasteiger partial charge in [-0.1, -0.05) is 11.6 Å². The third-order valence-electron chi connectivity index (χ3n) is 2.15. The number of rotatable bonds is 3. The van der Waals surface area contributed by atoms with E-state index in [1.807, 2.05) is 7.05 Å². The Morgan fingerprint density at radius 3 is 2.94 bits per heavy atom. The third kappa shape index (κ3) is 2.35. The van der Waals surface area contributed by atoms with Crippen LogP contribution in [0.5, 0.6) is 11.5 Å². The van der Waals surface area contributed by atoms with Crippen molar-refractivity contribution in [3.8, 4) is 11.5 Å². The first-order valence-corrected chi connectivity index (χ1v) is 5.22. The summed E-state index contributed by atoms with van der Waals surface area (Å²) < 4.78 is 7.33. The molecule has 0 radical (unpaired) electrons. The Balaban J connectivity index is 2.27. The van der Waals surface area contributed by atoms with E-state index in [0.717, 1.165) is 5.56 Å². The molecule has 0 amide bonds. The molecule has 5 heteroatoms. The molecule has 0 bridgehead atoms. The largest absolute Gasteiger partial charge is 0.454 e. The molecule has 4 nitrogen and oxygen atoms in total. The van der Waals surface area contributed by atoms with Crippen LogP contribution >= 0.6 is 11.6 Å². The first-order valence-electron chi connectivity index (χ1n) is 4.84. The summed E-state index contributed by atoms with van der Waals surface area (Å²) in [6, 6.07) is 5.37. The molecule has 0 aliphatic carbocycles. The molecule has 1 heterocycles. The van der Waals surface area contributed by atoms with Crippen LogP contribution in [-0.2, 0) is 13.6 Å². The fourth-order valence-corrected chi connectivity index (χ4v) is 1.58. The molecule has 2 N–H and O–H groups in total. The fraction of sp³-hybridized carbons (Fsp3) is 0.182. The van der Waals surface area contributed by atoms with Gasteiger partial charge in [0, 0.05) is 24.2 Å². The second-order valence-electron chi connectivity index (χ2n) is 3.41. The van der Waals surface area contributed by atoms with Gasteiger partial charge >= 0.3 is 0 Å². The SMILES string of the molecule is Cn1cc(Oc2ccc(Cl)cc2CN)cn1. The summed E-state index contributed by atoms with van der Waals surface area (Å²) in [7, 11) is 1.83. The van der Waals surface area contributed by atoms with E-state index in [0.29, 0.717) is 23.1 Å². The van der Waals surface area contributed by atoms with E-state index >= 15 is 0 Å². The monoisotopic (exact) mass is 237 g/mol. The number of aryl methyl sites for hydroxylation is 1. The van der Waals surface area contributed by atoms with Crippen molar-refractivity contribution in [2.75, 3.05) is 0 Å². The molecule has 0 aliphatic heterocycles. The maximum atomic E-state index is 5.88. The number of hydrogen-bond donors (Lipinski definition) is 1. The zero-order valence-electron chi connectivity index (χ0n) is 8.85. The summed E-state index contributed by atoms with van der Waals surface area (Å²) in [5.74, 6) is 1.39. The summed E-state index contributed by atoms with van der Waals surface area (Å²) in [4.78, 5) is 0. The van der Waals surface area contributed by atoms with Crippen LogP contribution in [0.1, 0.15) is 5.56 Å². The molecule has 0 unspecified atom stereocenters. The Kier molecular flexibility index (Phi) is 3.12. The van der Waals surface area contributed by atoms with Crippen LogP contribution in [0.25, 0.3) is 0 Å². The number of ether oxygens (including phenoxy) is 1. The molecule has 16 heavy (non-hydrogen) atoms. The number of aromatic nitrogens is 2. The standard InChI is InChI=1S/C11H12ClN3O/c1-15-7-10(6-14-15)16-11-3-2-9(12)4-8(11)5-13/h2-4,6-7H,5,13H2,1H3. The minimum Gasteiger partial charge on any atom is -0.454 e. The highest BCUT2D eigenvalue weighted by Crippen LogP contribution is 2.27. The minimum atomic E-state index is 0.385. The smallest absolute Gasteiger partial charge is 0.165 e. The number of halogens is 1. The van der Waals surface area contributed by atoms with Gasteiger partial charge in [0.25, 0.3) is 0 Å². The van der Waals surface area contributed by atoms with Crippen molar-refractivity contribution >= 4 is 11.6 Å². The lowest BCUT2D eigenvalue weighted by Crippen LogP contribution is -1.99. The van der Waals surface area contributed by atoms with Crippen LogP contribution in [0.15, 0.2) is 30.6 Å². The Hall–Kier alpha value is -1.52. The number of nitrogens with zero attached hydrogens (tertiary/aromatic N) is 2. The van der Waals surface area contributed by atoms with E-state index in [9.17, 15) is 0 Å². The zero-order chi connectivity index (χ0) is 11.5. The molecule has 0 spiro atoms. The molecule has 2 rings (SSSR count). The van der Waals surface area contributed by atoms with E-state index in [2.05, 4.69) is 5.10 Å². The van der Waals surface area contributed by atoms with Crippen molar-refractivity contribution in [2.24, 2.45) is 12.8 Å². The van der Waals surface area contributed by atoms with Crippen LogP contribution in [0.2, 0.25) is 5.02 Å². The molecular formula is C11H12ClN3O. The van der Waals surface area contributed by atoms with Crippen LogP contribution in [0.4, 0.5) is 0 Å². The Bertz CT molecular complexity index is 496. The molecular weight excluding hydrogens is 226 g/mol. The molecule has 0 saturated carbocycles. The Morgan fingerprint density at radius 2 is 2.31 bits per heavy atom. The summed E-state index contributed by atoms with van der Waals surface area (Å²) in [6.45, 7) is 0.385. The average Bonchev–Trinajstić information content (AvgIpc) is 2.67. The van der Waals surface area contributed by atoms with Crippen LogP contribution < -0.4 is 10.5 Å². The van der Waals surface area contributed by atoms with Gasteiger partial charge in [0.15, 0.2) is 5.75 Å². The van der Waals surface area contributed by atoms with E-state index < -0.39 is 0 Å². The van der Waals surface area contributed by atoms with Crippen molar-refractivity contribution < 1.29 is 4.74 Å². The predicted molar refractivity (Wildman–Crippen MR) is 62.6 cm³/mol. The molecule has 0 fully saturated rings. The van der Waals surface area contributed by atoms with Gasteiger partial charge < -0.3 is 10.5 Å². The van der Waals surface area contributed by atoms with Crippen molar-refractivity contribution in [3.63, 3.8) is 0 Å². The van der Waals surface area contributed by atoms with Crippen LogP contribution in [0, 0.1) is 0 Å². The normalized spacial score (nSPS) is 10.4. The van der Waals surface area contributed by atoms with Gasteiger partial charge in [0.1, 0.15) is 5.75 Å². The second-order valence-corrected chi connectivity index (χ2v) is 3.84. The highest BCUT2D eigenvalue weighted by Gasteiger charge is 2.05. The number of hydrogen-bond acceptors (Lipinski definition) is 3. The molecule has 0 aliphatic rings. The quantitative estimate of drug-likeness (QED) is 0.892. The molecule has 84 valence electrons. The lowest BCUT2D eigenvalue weighted by atomic mass is 10.2. The highest BCUT2D eigenvalue weighted by molar-refractivity contribution is 6.30. The molecule has 0 atom stereocenters. The number of benzene rings is 1. The van der Waals surface area contributed by atoms with E-state index in [1.54, 1.807) is 35.3 Å². The van der Waals surface area contributed by atoms with Crippen molar-refractivity contribution in [1.29, 1.82) is 0 Å². The zero-order valence-corrected chi connectivity index (χ0v) is 9.61. The summed E-state index contributed by atoms with van der Waals surface area (Å²) in [6.07, 6.45) is 3.43. The van der Waals surface area contributed by atoms with Gasteiger partial charge in [-0.3, -0.25) is 4.68 Å². The maximum absolute atomic E-state index is 5.88. The summed E-state index contributed by atoms with van der Waals surface area (Å²) in [5.41, 5.74) is 6.49. The highest BCUT2D eigenvalue weighted by atomic mass is 35.5. The summed E-state index contributed by atoms with van der Waals surface area (Å²) in [5, 5.41) is 4.67. The van der Waals surface area contributed by atoms with Gasteiger partial charge in [0.2, 0.25) is 0 Å². The molecule has 0 saturated heterocycles. The van der Waals surface area contributed by atoms with E-state index in [1.165, 1.54) is 0 Å². The topological polar surface area (TPSA) is 53.1 Å². The summed E-state index contributed by atoms with van der Waals surface area (Å²) >= 11 is 5.88.